The first-order chi connectivity index (χ1) is 9.83. The standard InChI is InChI=1S/C15H13N5/c16-5-13-6-18-20-10-12(3-4-15(13)20)14-7-17-19(9-14)8-11-1-2-11/h3-4,6-7,9-11H,1-2,8H2. The van der Waals surface area contributed by atoms with Crippen molar-refractivity contribution >= 4 is 5.52 Å². The topological polar surface area (TPSA) is 58.9 Å². The zero-order valence-electron chi connectivity index (χ0n) is 10.9. The Morgan fingerprint density at radius 2 is 2.05 bits per heavy atom. The summed E-state index contributed by atoms with van der Waals surface area (Å²) < 4.78 is 3.76. The fourth-order valence-corrected chi connectivity index (χ4v) is 2.42. The van der Waals surface area contributed by atoms with Crippen LogP contribution in [0.25, 0.3) is 16.6 Å². The third kappa shape index (κ3) is 1.86. The molecule has 0 amide bonds. The first-order valence-electron chi connectivity index (χ1n) is 6.74. The van der Waals surface area contributed by atoms with Gasteiger partial charge in [-0.2, -0.15) is 15.5 Å². The maximum absolute atomic E-state index is 8.99. The second kappa shape index (κ2) is 4.20. The minimum absolute atomic E-state index is 0.598. The van der Waals surface area contributed by atoms with E-state index in [2.05, 4.69) is 22.5 Å². The largest absolute Gasteiger partial charge is 0.272 e. The van der Waals surface area contributed by atoms with Crippen molar-refractivity contribution in [1.29, 1.82) is 5.26 Å². The summed E-state index contributed by atoms with van der Waals surface area (Å²) in [6, 6.07) is 6.08. The number of nitrogens with zero attached hydrogens (tertiary/aromatic N) is 5. The van der Waals surface area contributed by atoms with Gasteiger partial charge < -0.3 is 0 Å². The number of nitriles is 1. The van der Waals surface area contributed by atoms with Crippen molar-refractivity contribution in [3.05, 3.63) is 42.5 Å². The van der Waals surface area contributed by atoms with E-state index >= 15 is 0 Å². The van der Waals surface area contributed by atoms with Gasteiger partial charge in [0.1, 0.15) is 6.07 Å². The van der Waals surface area contributed by atoms with E-state index in [9.17, 15) is 0 Å². The fraction of sp³-hybridized carbons (Fsp3) is 0.267. The van der Waals surface area contributed by atoms with Crippen LogP contribution in [0.4, 0.5) is 0 Å². The molecule has 0 saturated heterocycles. The highest BCUT2D eigenvalue weighted by molar-refractivity contribution is 5.67. The normalized spacial score (nSPS) is 14.6. The molecule has 1 fully saturated rings. The van der Waals surface area contributed by atoms with Gasteiger partial charge >= 0.3 is 0 Å². The zero-order chi connectivity index (χ0) is 13.5. The van der Waals surface area contributed by atoms with Crippen molar-refractivity contribution in [3.8, 4) is 17.2 Å². The Bertz CT molecular complexity index is 816. The van der Waals surface area contributed by atoms with Gasteiger partial charge in [-0.05, 0) is 24.8 Å². The predicted molar refractivity (Wildman–Crippen MR) is 73.9 cm³/mol. The summed E-state index contributed by atoms with van der Waals surface area (Å²) in [5.41, 5.74) is 3.58. The Balaban J connectivity index is 1.70. The zero-order valence-corrected chi connectivity index (χ0v) is 10.9. The summed E-state index contributed by atoms with van der Waals surface area (Å²) in [4.78, 5) is 0. The Morgan fingerprint density at radius 3 is 2.85 bits per heavy atom. The molecule has 0 radical (unpaired) electrons. The first-order valence-corrected chi connectivity index (χ1v) is 6.74. The SMILES string of the molecule is N#Cc1cnn2cc(-c3cnn(CC4CC4)c3)ccc12. The number of hydrogen-bond acceptors (Lipinski definition) is 3. The molecule has 5 heteroatoms. The molecule has 20 heavy (non-hydrogen) atoms. The Morgan fingerprint density at radius 1 is 1.15 bits per heavy atom. The highest BCUT2D eigenvalue weighted by Crippen LogP contribution is 2.31. The Kier molecular flexibility index (Phi) is 2.36. The predicted octanol–water partition coefficient (Wildman–Crippen LogP) is 2.48. The first kappa shape index (κ1) is 11.2. The van der Waals surface area contributed by atoms with E-state index in [0.29, 0.717) is 5.56 Å². The minimum Gasteiger partial charge on any atom is -0.272 e. The van der Waals surface area contributed by atoms with Gasteiger partial charge in [-0.1, -0.05) is 6.07 Å². The van der Waals surface area contributed by atoms with Crippen LogP contribution in [0.5, 0.6) is 0 Å². The molecule has 4 rings (SSSR count). The van der Waals surface area contributed by atoms with E-state index < -0.39 is 0 Å². The molecule has 3 heterocycles. The summed E-state index contributed by atoms with van der Waals surface area (Å²) in [5, 5.41) is 17.6. The van der Waals surface area contributed by atoms with Crippen molar-refractivity contribution in [2.24, 2.45) is 5.92 Å². The molecule has 98 valence electrons. The van der Waals surface area contributed by atoms with Crippen molar-refractivity contribution in [3.63, 3.8) is 0 Å². The van der Waals surface area contributed by atoms with Gasteiger partial charge in [0.25, 0.3) is 0 Å². The van der Waals surface area contributed by atoms with Crippen LogP contribution in [0.15, 0.2) is 36.9 Å². The van der Waals surface area contributed by atoms with E-state index in [4.69, 9.17) is 5.26 Å². The van der Waals surface area contributed by atoms with Gasteiger partial charge in [0.2, 0.25) is 0 Å². The summed E-state index contributed by atoms with van der Waals surface area (Å²) in [6.45, 7) is 1.02. The molecule has 0 aliphatic heterocycles. The summed E-state index contributed by atoms with van der Waals surface area (Å²) >= 11 is 0. The van der Waals surface area contributed by atoms with Crippen LogP contribution >= 0.6 is 0 Å². The fourth-order valence-electron chi connectivity index (χ4n) is 2.42. The summed E-state index contributed by atoms with van der Waals surface area (Å²) in [6.07, 6.45) is 10.1. The second-order valence-corrected chi connectivity index (χ2v) is 5.31. The third-order valence-electron chi connectivity index (χ3n) is 3.75. The highest BCUT2D eigenvalue weighted by Gasteiger charge is 2.22. The van der Waals surface area contributed by atoms with Gasteiger partial charge in [-0.15, -0.1) is 0 Å². The van der Waals surface area contributed by atoms with Gasteiger partial charge in [0.15, 0.2) is 0 Å². The quantitative estimate of drug-likeness (QED) is 0.729. The molecule has 0 aromatic carbocycles. The van der Waals surface area contributed by atoms with Crippen molar-refractivity contribution in [1.82, 2.24) is 19.4 Å². The van der Waals surface area contributed by atoms with E-state index in [1.54, 1.807) is 10.7 Å². The van der Waals surface area contributed by atoms with Crippen LogP contribution in [-0.2, 0) is 6.54 Å². The second-order valence-electron chi connectivity index (χ2n) is 5.31. The lowest BCUT2D eigenvalue weighted by Gasteiger charge is -2.00. The number of hydrogen-bond donors (Lipinski definition) is 0. The highest BCUT2D eigenvalue weighted by atomic mass is 15.3. The number of pyridine rings is 1. The smallest absolute Gasteiger partial charge is 0.103 e. The maximum Gasteiger partial charge on any atom is 0.103 e. The van der Waals surface area contributed by atoms with Crippen LogP contribution in [0.2, 0.25) is 0 Å². The molecule has 3 aromatic rings. The monoisotopic (exact) mass is 263 g/mol. The van der Waals surface area contributed by atoms with Crippen LogP contribution in [0.3, 0.4) is 0 Å². The molecule has 5 nitrogen and oxygen atoms in total. The molecule has 1 saturated carbocycles. The molecule has 0 bridgehead atoms. The molecular formula is C15H13N5. The molecule has 3 aromatic heterocycles. The maximum atomic E-state index is 8.99. The van der Waals surface area contributed by atoms with E-state index in [-0.39, 0.29) is 0 Å². The van der Waals surface area contributed by atoms with Crippen LogP contribution in [0.1, 0.15) is 18.4 Å². The molecule has 1 aliphatic rings. The lowest BCUT2D eigenvalue weighted by Crippen LogP contribution is -1.99. The number of fused-ring (bicyclic) bond motifs is 1. The summed E-state index contributed by atoms with van der Waals surface area (Å²) in [5.74, 6) is 0.814. The van der Waals surface area contributed by atoms with Gasteiger partial charge in [-0.3, -0.25) is 4.68 Å². The minimum atomic E-state index is 0.598. The molecule has 0 N–H and O–H groups in total. The average molecular weight is 263 g/mol. The molecular weight excluding hydrogens is 250 g/mol. The van der Waals surface area contributed by atoms with Crippen molar-refractivity contribution in [2.45, 2.75) is 19.4 Å². The molecule has 0 unspecified atom stereocenters. The van der Waals surface area contributed by atoms with Crippen LogP contribution < -0.4 is 0 Å². The summed E-state index contributed by atoms with van der Waals surface area (Å²) in [7, 11) is 0. The van der Waals surface area contributed by atoms with Gasteiger partial charge in [0, 0.05) is 30.1 Å². The van der Waals surface area contributed by atoms with Crippen molar-refractivity contribution < 1.29 is 0 Å². The van der Waals surface area contributed by atoms with E-state index in [1.165, 1.54) is 12.8 Å². The lowest BCUT2D eigenvalue weighted by molar-refractivity contribution is 0.563. The number of rotatable bonds is 3. The van der Waals surface area contributed by atoms with Crippen molar-refractivity contribution in [2.75, 3.05) is 0 Å². The molecule has 1 aliphatic carbocycles. The van der Waals surface area contributed by atoms with Crippen LogP contribution in [0, 0.1) is 17.2 Å². The van der Waals surface area contributed by atoms with Gasteiger partial charge in [0.05, 0.1) is 23.5 Å². The lowest BCUT2D eigenvalue weighted by atomic mass is 10.1. The molecule has 0 atom stereocenters. The Hall–Kier alpha value is -2.61. The number of aromatic nitrogens is 4. The van der Waals surface area contributed by atoms with E-state index in [0.717, 1.165) is 29.1 Å². The molecule has 0 spiro atoms. The van der Waals surface area contributed by atoms with Crippen LogP contribution in [-0.4, -0.2) is 19.4 Å². The Labute approximate surface area is 116 Å². The average Bonchev–Trinajstić information content (AvgIpc) is 3.01. The van der Waals surface area contributed by atoms with E-state index in [1.807, 2.05) is 29.2 Å². The van der Waals surface area contributed by atoms with Gasteiger partial charge in [-0.25, -0.2) is 4.52 Å². The third-order valence-corrected chi connectivity index (χ3v) is 3.75.